The second-order valence-electron chi connectivity index (χ2n) is 3.99. The van der Waals surface area contributed by atoms with Crippen LogP contribution in [0.3, 0.4) is 0 Å². The minimum Gasteiger partial charge on any atom is -0.494 e. The van der Waals surface area contributed by atoms with Gasteiger partial charge < -0.3 is 15.2 Å². The number of carbonyl (C=O) groups excluding carboxylic acids is 1. The molecule has 0 aliphatic rings. The topological polar surface area (TPSA) is 61.5 Å². The zero-order valence-corrected chi connectivity index (χ0v) is 10.1. The smallest absolute Gasteiger partial charge is 0.307 e. The van der Waals surface area contributed by atoms with Crippen LogP contribution in [-0.4, -0.2) is 20.2 Å². The van der Waals surface area contributed by atoms with Gasteiger partial charge in [0.05, 0.1) is 26.2 Å². The molecule has 0 saturated heterocycles. The highest BCUT2D eigenvalue weighted by Crippen LogP contribution is 2.29. The van der Waals surface area contributed by atoms with Crippen LogP contribution >= 0.6 is 0 Å². The molecule has 0 aliphatic carbocycles. The number of hydrogen-bond acceptors (Lipinski definition) is 4. The molecule has 0 aliphatic heterocycles. The first-order chi connectivity index (χ1) is 7.92. The van der Waals surface area contributed by atoms with E-state index in [-0.39, 0.29) is 17.7 Å². The van der Waals surface area contributed by atoms with Crippen molar-refractivity contribution in [2.24, 2.45) is 5.73 Å². The molecule has 0 radical (unpaired) electrons. The summed E-state index contributed by atoms with van der Waals surface area (Å²) in [6, 6.07) is 4.65. The van der Waals surface area contributed by atoms with Crippen LogP contribution in [0.5, 0.6) is 5.75 Å². The normalized spacial score (nSPS) is 13.9. The van der Waals surface area contributed by atoms with E-state index in [1.54, 1.807) is 13.0 Å². The molecule has 0 aromatic heterocycles. The maximum Gasteiger partial charge on any atom is 0.307 e. The van der Waals surface area contributed by atoms with Gasteiger partial charge in [-0.05, 0) is 13.0 Å². The Morgan fingerprint density at radius 2 is 2.12 bits per heavy atom. The largest absolute Gasteiger partial charge is 0.494 e. The Balaban J connectivity index is 3.10. The first-order valence-electron chi connectivity index (χ1n) is 5.11. The second kappa shape index (κ2) is 5.14. The predicted octanol–water partition coefficient (Wildman–Crippen LogP) is 1.57. The maximum absolute atomic E-state index is 14.0. The van der Waals surface area contributed by atoms with Gasteiger partial charge >= 0.3 is 5.97 Å². The summed E-state index contributed by atoms with van der Waals surface area (Å²) in [6.07, 6.45) is -0.104. The molecule has 4 nitrogen and oxygen atoms in total. The number of esters is 1. The minimum atomic E-state index is -1.13. The van der Waals surface area contributed by atoms with Gasteiger partial charge in [-0.2, -0.15) is 0 Å². The summed E-state index contributed by atoms with van der Waals surface area (Å²) < 4.78 is 23.4. The molecular weight excluding hydrogens is 225 g/mol. The van der Waals surface area contributed by atoms with Gasteiger partial charge in [0.25, 0.3) is 0 Å². The van der Waals surface area contributed by atoms with Crippen LogP contribution in [0.15, 0.2) is 18.2 Å². The third kappa shape index (κ3) is 2.94. The average molecular weight is 241 g/mol. The zero-order chi connectivity index (χ0) is 13.1. The van der Waals surface area contributed by atoms with E-state index in [9.17, 15) is 9.18 Å². The molecule has 2 N–H and O–H groups in total. The van der Waals surface area contributed by atoms with E-state index in [1.165, 1.54) is 26.4 Å². The van der Waals surface area contributed by atoms with E-state index in [4.69, 9.17) is 10.5 Å². The summed E-state index contributed by atoms with van der Waals surface area (Å²) >= 11 is 0. The summed E-state index contributed by atoms with van der Waals surface area (Å²) in [5.74, 6) is -0.940. The van der Waals surface area contributed by atoms with Crippen molar-refractivity contribution < 1.29 is 18.7 Å². The van der Waals surface area contributed by atoms with Crippen LogP contribution in [0.1, 0.15) is 18.9 Å². The molecule has 0 bridgehead atoms. The van der Waals surface area contributed by atoms with Crippen LogP contribution in [0, 0.1) is 5.82 Å². The first kappa shape index (κ1) is 13.4. The van der Waals surface area contributed by atoms with E-state index in [1.807, 2.05) is 0 Å². The SMILES string of the molecule is COC(=O)C[C@](C)(N)c1cccc(OC)c1F. The highest BCUT2D eigenvalue weighted by molar-refractivity contribution is 5.71. The van der Waals surface area contributed by atoms with Crippen molar-refractivity contribution in [2.45, 2.75) is 18.9 Å². The van der Waals surface area contributed by atoms with E-state index in [0.29, 0.717) is 0 Å². The number of methoxy groups -OCH3 is 2. The molecular formula is C12H16FNO3. The van der Waals surface area contributed by atoms with E-state index in [0.717, 1.165) is 0 Å². The highest BCUT2D eigenvalue weighted by Gasteiger charge is 2.29. The van der Waals surface area contributed by atoms with Gasteiger partial charge in [0.15, 0.2) is 11.6 Å². The van der Waals surface area contributed by atoms with Crippen LogP contribution in [0.25, 0.3) is 0 Å². The minimum absolute atomic E-state index is 0.101. The summed E-state index contributed by atoms with van der Waals surface area (Å²) in [6.45, 7) is 1.57. The Bertz CT molecular complexity index is 418. The van der Waals surface area contributed by atoms with Crippen molar-refractivity contribution in [2.75, 3.05) is 14.2 Å². The fraction of sp³-hybridized carbons (Fsp3) is 0.417. The van der Waals surface area contributed by atoms with Crippen molar-refractivity contribution in [3.63, 3.8) is 0 Å². The molecule has 0 amide bonds. The van der Waals surface area contributed by atoms with Crippen molar-refractivity contribution in [3.05, 3.63) is 29.6 Å². The zero-order valence-electron chi connectivity index (χ0n) is 10.1. The quantitative estimate of drug-likeness (QED) is 0.813. The molecule has 0 heterocycles. The fourth-order valence-corrected chi connectivity index (χ4v) is 1.58. The van der Waals surface area contributed by atoms with Crippen molar-refractivity contribution in [1.29, 1.82) is 0 Å². The van der Waals surface area contributed by atoms with Crippen molar-refractivity contribution >= 4 is 5.97 Å². The number of rotatable bonds is 4. The summed E-state index contributed by atoms with van der Waals surface area (Å²) in [4.78, 5) is 11.2. The van der Waals surface area contributed by atoms with Gasteiger partial charge in [-0.15, -0.1) is 0 Å². The van der Waals surface area contributed by atoms with Gasteiger partial charge in [-0.1, -0.05) is 12.1 Å². The lowest BCUT2D eigenvalue weighted by Crippen LogP contribution is -2.37. The number of ether oxygens (including phenoxy) is 2. The molecule has 1 atom stereocenters. The average Bonchev–Trinajstić information content (AvgIpc) is 2.28. The van der Waals surface area contributed by atoms with Crippen LogP contribution in [-0.2, 0) is 15.1 Å². The molecule has 0 spiro atoms. The second-order valence-corrected chi connectivity index (χ2v) is 3.99. The Kier molecular flexibility index (Phi) is 4.07. The Labute approximate surface area is 99.5 Å². The molecule has 0 fully saturated rings. The molecule has 5 heteroatoms. The van der Waals surface area contributed by atoms with Gasteiger partial charge in [0.1, 0.15) is 0 Å². The van der Waals surface area contributed by atoms with E-state index >= 15 is 0 Å². The monoisotopic (exact) mass is 241 g/mol. The van der Waals surface area contributed by atoms with Crippen molar-refractivity contribution in [1.82, 2.24) is 0 Å². The third-order valence-electron chi connectivity index (χ3n) is 2.54. The lowest BCUT2D eigenvalue weighted by Gasteiger charge is -2.24. The molecule has 1 aromatic rings. The van der Waals surface area contributed by atoms with E-state index in [2.05, 4.69) is 4.74 Å². The predicted molar refractivity (Wildman–Crippen MR) is 61.1 cm³/mol. The summed E-state index contributed by atoms with van der Waals surface area (Å²) in [5.41, 5.74) is 5.03. The van der Waals surface area contributed by atoms with Gasteiger partial charge in [0, 0.05) is 5.56 Å². The Morgan fingerprint density at radius 3 is 2.65 bits per heavy atom. The number of carbonyl (C=O) groups is 1. The molecule has 0 saturated carbocycles. The number of benzene rings is 1. The number of halogens is 1. The first-order valence-corrected chi connectivity index (χ1v) is 5.11. The number of hydrogen-bond donors (Lipinski definition) is 1. The third-order valence-corrected chi connectivity index (χ3v) is 2.54. The van der Waals surface area contributed by atoms with Crippen LogP contribution < -0.4 is 10.5 Å². The molecule has 1 aromatic carbocycles. The molecule has 94 valence electrons. The molecule has 1 rings (SSSR count). The highest BCUT2D eigenvalue weighted by atomic mass is 19.1. The van der Waals surface area contributed by atoms with Gasteiger partial charge in [-0.3, -0.25) is 4.79 Å². The lowest BCUT2D eigenvalue weighted by atomic mass is 9.89. The van der Waals surface area contributed by atoms with Gasteiger partial charge in [-0.25, -0.2) is 4.39 Å². The van der Waals surface area contributed by atoms with Crippen LogP contribution in [0.4, 0.5) is 4.39 Å². The molecule has 0 unspecified atom stereocenters. The fourth-order valence-electron chi connectivity index (χ4n) is 1.58. The van der Waals surface area contributed by atoms with Crippen LogP contribution in [0.2, 0.25) is 0 Å². The lowest BCUT2D eigenvalue weighted by molar-refractivity contribution is -0.142. The summed E-state index contributed by atoms with van der Waals surface area (Å²) in [7, 11) is 2.64. The Morgan fingerprint density at radius 1 is 1.47 bits per heavy atom. The molecule has 17 heavy (non-hydrogen) atoms. The van der Waals surface area contributed by atoms with E-state index < -0.39 is 17.3 Å². The number of nitrogens with two attached hydrogens (primary N) is 1. The Hall–Kier alpha value is -1.62. The summed E-state index contributed by atoms with van der Waals surface area (Å²) in [5, 5.41) is 0. The maximum atomic E-state index is 14.0. The van der Waals surface area contributed by atoms with Gasteiger partial charge in [0.2, 0.25) is 0 Å². The standard InChI is InChI=1S/C12H16FNO3/c1-12(14,7-10(15)17-3)8-5-4-6-9(16-2)11(8)13/h4-6H,7,14H2,1-3H3/t12-/m0/s1. The van der Waals surface area contributed by atoms with Crippen molar-refractivity contribution in [3.8, 4) is 5.75 Å².